The van der Waals surface area contributed by atoms with Crippen molar-refractivity contribution in [3.05, 3.63) is 41.7 Å². The molecule has 0 bridgehead atoms. The molecule has 0 radical (unpaired) electrons. The summed E-state index contributed by atoms with van der Waals surface area (Å²) in [5, 5.41) is 16.3. The Labute approximate surface area is 260 Å². The lowest BCUT2D eigenvalue weighted by Gasteiger charge is -2.39. The van der Waals surface area contributed by atoms with E-state index in [0.717, 1.165) is 48.6 Å². The van der Waals surface area contributed by atoms with Crippen molar-refractivity contribution in [1.82, 2.24) is 25.2 Å². The second-order valence-electron chi connectivity index (χ2n) is 13.0. The van der Waals surface area contributed by atoms with Gasteiger partial charge in [-0.1, -0.05) is 32.0 Å². The molecule has 0 amide bonds. The molecule has 0 saturated carbocycles. The highest BCUT2D eigenvalue weighted by Gasteiger charge is 2.49. The van der Waals surface area contributed by atoms with Crippen molar-refractivity contribution >= 4 is 27.5 Å². The highest BCUT2D eigenvalue weighted by Crippen LogP contribution is 2.44. The van der Waals surface area contributed by atoms with E-state index in [0.29, 0.717) is 49.4 Å². The third kappa shape index (κ3) is 4.65. The van der Waals surface area contributed by atoms with Crippen LogP contribution in [0.5, 0.6) is 17.6 Å². The Bertz CT molecular complexity index is 1810. The lowest BCUT2D eigenvalue weighted by Crippen LogP contribution is -2.58. The molecule has 1 unspecified atom stereocenters. The zero-order valence-electron chi connectivity index (χ0n) is 25.7. The van der Waals surface area contributed by atoms with Gasteiger partial charge in [0.15, 0.2) is 5.82 Å². The maximum Gasteiger partial charge on any atom is 0.319 e. The Morgan fingerprint density at radius 1 is 1.16 bits per heavy atom. The molecule has 45 heavy (non-hydrogen) atoms. The number of fused-ring (bicyclic) bond motifs is 4. The third-order valence-electron chi connectivity index (χ3n) is 10.3. The number of alkyl halides is 1. The van der Waals surface area contributed by atoms with E-state index < -0.39 is 17.5 Å². The van der Waals surface area contributed by atoms with Crippen LogP contribution in [0.25, 0.3) is 32.9 Å². The number of aryl methyl sites for hydroxylation is 1. The van der Waals surface area contributed by atoms with Gasteiger partial charge in [-0.25, -0.2) is 13.8 Å². The summed E-state index contributed by atoms with van der Waals surface area (Å²) in [4.78, 5) is 18.7. The lowest BCUT2D eigenvalue weighted by atomic mass is 9.95. The largest absolute Gasteiger partial charge is 0.508 e. The van der Waals surface area contributed by atoms with Crippen LogP contribution in [0, 0.1) is 5.82 Å². The molecule has 6 heterocycles. The minimum Gasteiger partial charge on any atom is -0.508 e. The van der Waals surface area contributed by atoms with E-state index in [1.165, 1.54) is 0 Å². The highest BCUT2D eigenvalue weighted by atomic mass is 19.1. The van der Waals surface area contributed by atoms with Crippen molar-refractivity contribution < 1.29 is 23.4 Å². The van der Waals surface area contributed by atoms with E-state index in [2.05, 4.69) is 27.0 Å². The number of phenolic OH excluding ortho intramolecular Hbond substituents is 1. The summed E-state index contributed by atoms with van der Waals surface area (Å²) in [5.74, 6) is 0.182. The molecule has 0 aliphatic carbocycles. The van der Waals surface area contributed by atoms with E-state index in [4.69, 9.17) is 19.4 Å². The number of hydrogen-bond donors (Lipinski definition) is 2. The fourth-order valence-electron chi connectivity index (χ4n) is 8.00. The molecule has 3 saturated heterocycles. The molecule has 8 rings (SSSR count). The number of nitrogens with zero attached hydrogens (tertiary/aromatic N) is 5. The summed E-state index contributed by atoms with van der Waals surface area (Å²) in [6.45, 7) is 7.35. The highest BCUT2D eigenvalue weighted by molar-refractivity contribution is 6.03. The molecule has 4 atom stereocenters. The number of aromatic nitrogens is 3. The first-order chi connectivity index (χ1) is 21.9. The first-order valence-electron chi connectivity index (χ1n) is 16.2. The van der Waals surface area contributed by atoms with Crippen molar-refractivity contribution in [2.45, 2.75) is 69.7 Å². The number of aromatic hydroxyl groups is 1. The minimum absolute atomic E-state index is 0.0168. The number of halogens is 2. The number of benzene rings is 2. The van der Waals surface area contributed by atoms with Crippen LogP contribution in [0.4, 0.5) is 14.6 Å². The second-order valence-corrected chi connectivity index (χ2v) is 13.0. The smallest absolute Gasteiger partial charge is 0.319 e. The Morgan fingerprint density at radius 2 is 2.04 bits per heavy atom. The molecule has 4 aliphatic rings. The van der Waals surface area contributed by atoms with Crippen LogP contribution >= 0.6 is 0 Å². The number of ether oxygens (including phenoxy) is 2. The molecule has 2 aromatic carbocycles. The van der Waals surface area contributed by atoms with Gasteiger partial charge in [0, 0.05) is 37.7 Å². The molecule has 0 spiro atoms. The number of anilines is 1. The maximum atomic E-state index is 17.0. The number of piperazine rings is 1. The number of rotatable bonds is 6. The Morgan fingerprint density at radius 3 is 2.89 bits per heavy atom. The van der Waals surface area contributed by atoms with Crippen LogP contribution in [-0.4, -0.2) is 88.1 Å². The molecule has 4 aromatic rings. The van der Waals surface area contributed by atoms with Gasteiger partial charge in [0.1, 0.15) is 47.5 Å². The third-order valence-corrected chi connectivity index (χ3v) is 10.3. The van der Waals surface area contributed by atoms with Crippen molar-refractivity contribution in [3.63, 3.8) is 0 Å². The number of nitrogens with one attached hydrogen (secondary N) is 1. The topological polar surface area (TPSA) is 95.9 Å². The number of hydrogen-bond acceptors (Lipinski definition) is 9. The van der Waals surface area contributed by atoms with E-state index in [1.807, 2.05) is 25.1 Å². The maximum absolute atomic E-state index is 17.0. The fourth-order valence-corrected chi connectivity index (χ4v) is 8.00. The van der Waals surface area contributed by atoms with Crippen LogP contribution in [0.2, 0.25) is 0 Å². The Hall–Kier alpha value is -3.83. The predicted molar refractivity (Wildman–Crippen MR) is 169 cm³/mol. The molecule has 4 aliphatic heterocycles. The van der Waals surface area contributed by atoms with Gasteiger partial charge in [-0.15, -0.1) is 0 Å². The van der Waals surface area contributed by atoms with E-state index in [1.54, 1.807) is 12.1 Å². The van der Waals surface area contributed by atoms with E-state index in [-0.39, 0.29) is 47.5 Å². The summed E-state index contributed by atoms with van der Waals surface area (Å²) in [5.41, 5.74) is 1.20. The van der Waals surface area contributed by atoms with Crippen LogP contribution in [-0.2, 0) is 6.42 Å². The van der Waals surface area contributed by atoms with Crippen LogP contribution in [0.1, 0.15) is 45.1 Å². The summed E-state index contributed by atoms with van der Waals surface area (Å²) in [6, 6.07) is 9.31. The van der Waals surface area contributed by atoms with Crippen molar-refractivity contribution in [2.75, 3.05) is 44.3 Å². The Balaban J connectivity index is 1.32. The average molecular weight is 617 g/mol. The quantitative estimate of drug-likeness (QED) is 0.305. The standard InChI is InChI=1S/C34H38F2N6O3/c1-3-19-7-5-8-20-11-24(43)12-25(26(19)20)29-28(36)30-27-31(42-16-22(4-2)37-14-23(42)17-44-32(27)38-29)40-33(39-30)45-18-34-9-6-10-41(34)15-21(35)13-34/h5,7-8,11-12,21-23,37,43H,3-4,6,9-10,13-18H2,1-2H3/t21-,22?,23-,34-/m0/s1. The first-order valence-corrected chi connectivity index (χ1v) is 16.2. The van der Waals surface area contributed by atoms with Crippen LogP contribution in [0.15, 0.2) is 30.3 Å². The SMILES string of the molecule is CCc1cccc2cc(O)cc(-c3nc4c5c(nc(OC[C@@]67CCCN6C[C@@H](F)C7)nc5c3F)N3CC(CC)NC[C@H]3CO4)c12. The molecule has 2 aromatic heterocycles. The molecular formula is C34H38F2N6O3. The van der Waals surface area contributed by atoms with Gasteiger partial charge in [0.05, 0.1) is 11.6 Å². The lowest BCUT2D eigenvalue weighted by molar-refractivity contribution is 0.107. The molecular weight excluding hydrogens is 578 g/mol. The fraction of sp³-hybridized carbons (Fsp3) is 0.500. The van der Waals surface area contributed by atoms with E-state index >= 15 is 4.39 Å². The van der Waals surface area contributed by atoms with Gasteiger partial charge < -0.3 is 24.8 Å². The summed E-state index contributed by atoms with van der Waals surface area (Å²) < 4.78 is 44.2. The molecule has 9 nitrogen and oxygen atoms in total. The van der Waals surface area contributed by atoms with Gasteiger partial charge >= 0.3 is 6.01 Å². The minimum atomic E-state index is -0.889. The summed E-state index contributed by atoms with van der Waals surface area (Å²) in [7, 11) is 0. The monoisotopic (exact) mass is 616 g/mol. The molecule has 236 valence electrons. The van der Waals surface area contributed by atoms with Gasteiger partial charge in [-0.3, -0.25) is 4.90 Å². The normalized spacial score (nSPS) is 26.1. The average Bonchev–Trinajstić information content (AvgIpc) is 3.52. The molecule has 2 N–H and O–H groups in total. The van der Waals surface area contributed by atoms with Gasteiger partial charge in [-0.05, 0) is 60.7 Å². The Kier molecular flexibility index (Phi) is 6.94. The number of phenols is 1. The molecule has 3 fully saturated rings. The van der Waals surface area contributed by atoms with Crippen LogP contribution < -0.4 is 19.7 Å². The zero-order chi connectivity index (χ0) is 30.9. The summed E-state index contributed by atoms with van der Waals surface area (Å²) in [6.07, 6.45) is 3.00. The van der Waals surface area contributed by atoms with Crippen molar-refractivity contribution in [3.8, 4) is 28.9 Å². The first kappa shape index (κ1) is 28.6. The van der Waals surface area contributed by atoms with Crippen LogP contribution in [0.3, 0.4) is 0 Å². The van der Waals surface area contributed by atoms with Crippen molar-refractivity contribution in [1.29, 1.82) is 0 Å². The van der Waals surface area contributed by atoms with Gasteiger partial charge in [-0.2, -0.15) is 9.97 Å². The molecule has 11 heteroatoms. The summed E-state index contributed by atoms with van der Waals surface area (Å²) >= 11 is 0. The predicted octanol–water partition coefficient (Wildman–Crippen LogP) is 5.16. The van der Waals surface area contributed by atoms with Gasteiger partial charge in [0.2, 0.25) is 5.88 Å². The van der Waals surface area contributed by atoms with Gasteiger partial charge in [0.25, 0.3) is 0 Å². The zero-order valence-corrected chi connectivity index (χ0v) is 25.7. The number of pyridine rings is 1. The van der Waals surface area contributed by atoms with Crippen molar-refractivity contribution in [2.24, 2.45) is 0 Å². The second kappa shape index (κ2) is 10.9. The van der Waals surface area contributed by atoms with E-state index in [9.17, 15) is 9.50 Å².